The van der Waals surface area contributed by atoms with Crippen molar-refractivity contribution >= 4 is 5.91 Å². The van der Waals surface area contributed by atoms with Gasteiger partial charge in [-0.05, 0) is 87.0 Å². The summed E-state index contributed by atoms with van der Waals surface area (Å²) in [5.74, 6) is 4.38. The molecule has 1 N–H and O–H groups in total. The van der Waals surface area contributed by atoms with Crippen molar-refractivity contribution in [2.75, 3.05) is 13.2 Å². The predicted octanol–water partition coefficient (Wildman–Crippen LogP) is 7.06. The van der Waals surface area contributed by atoms with Crippen LogP contribution >= 0.6 is 0 Å². The first-order valence-corrected chi connectivity index (χ1v) is 13.7. The van der Waals surface area contributed by atoms with Gasteiger partial charge in [-0.3, -0.25) is 4.79 Å². The van der Waals surface area contributed by atoms with Crippen molar-refractivity contribution in [2.45, 2.75) is 116 Å². The van der Waals surface area contributed by atoms with Gasteiger partial charge in [-0.2, -0.15) is 0 Å². The van der Waals surface area contributed by atoms with E-state index in [4.69, 9.17) is 4.74 Å². The summed E-state index contributed by atoms with van der Waals surface area (Å²) in [6.07, 6.45) is 24.0. The van der Waals surface area contributed by atoms with Crippen LogP contribution in [0.5, 0.6) is 0 Å². The highest BCUT2D eigenvalue weighted by molar-refractivity contribution is 5.86. The number of hydrogen-bond acceptors (Lipinski definition) is 2. The van der Waals surface area contributed by atoms with Crippen LogP contribution in [0.15, 0.2) is 12.7 Å². The van der Waals surface area contributed by atoms with Gasteiger partial charge in [0.15, 0.2) is 0 Å². The highest BCUT2D eigenvalue weighted by Crippen LogP contribution is 2.42. The van der Waals surface area contributed by atoms with Crippen LogP contribution in [0.2, 0.25) is 0 Å². The van der Waals surface area contributed by atoms with Crippen LogP contribution in [0.3, 0.4) is 0 Å². The number of hydrogen-bond donors (Lipinski definition) is 1. The van der Waals surface area contributed by atoms with Crippen molar-refractivity contribution in [3.05, 3.63) is 12.7 Å². The van der Waals surface area contributed by atoms with Gasteiger partial charge >= 0.3 is 0 Å². The second-order valence-electron chi connectivity index (χ2n) is 10.9. The molecule has 2 saturated carbocycles. The topological polar surface area (TPSA) is 38.3 Å². The molecule has 31 heavy (non-hydrogen) atoms. The number of amides is 1. The van der Waals surface area contributed by atoms with Crippen molar-refractivity contribution in [1.29, 1.82) is 0 Å². The van der Waals surface area contributed by atoms with Gasteiger partial charge < -0.3 is 10.1 Å². The van der Waals surface area contributed by atoms with E-state index in [-0.39, 0.29) is 5.91 Å². The van der Waals surface area contributed by atoms with E-state index < -0.39 is 0 Å². The molecule has 2 atom stereocenters. The van der Waals surface area contributed by atoms with E-state index in [1.807, 2.05) is 0 Å². The molecule has 1 aliphatic heterocycles. The average molecular weight is 432 g/mol. The Labute approximate surface area is 192 Å². The minimum absolute atomic E-state index is 0.0423. The van der Waals surface area contributed by atoms with Crippen LogP contribution < -0.4 is 5.32 Å². The van der Waals surface area contributed by atoms with E-state index in [0.29, 0.717) is 6.10 Å². The number of carbonyl (C=O) groups excluding carboxylic acids is 1. The second kappa shape index (κ2) is 13.7. The van der Waals surface area contributed by atoms with Crippen molar-refractivity contribution < 1.29 is 9.53 Å². The Morgan fingerprint density at radius 1 is 0.839 bits per heavy atom. The Bertz CT molecular complexity index is 509. The summed E-state index contributed by atoms with van der Waals surface area (Å²) in [5, 5.41) is 2.90. The van der Waals surface area contributed by atoms with Crippen molar-refractivity contribution in [3.8, 4) is 0 Å². The first-order chi connectivity index (χ1) is 15.2. The lowest BCUT2D eigenvalue weighted by Crippen LogP contribution is -2.37. The molecular weight excluding hydrogens is 382 g/mol. The zero-order chi connectivity index (χ0) is 21.9. The van der Waals surface area contributed by atoms with Gasteiger partial charge in [-0.25, -0.2) is 0 Å². The second-order valence-corrected chi connectivity index (χ2v) is 10.9. The molecular formula is C28H49NO2. The standard InChI is InChI=1S/C28H49NO2/c1-3-5-6-8-22-12-16-25(17-13-22)27-19-18-26(21-31-27)24-14-10-23(11-15-24)9-7-20-29-28(30)4-2/h4,22-27H,2-3,5-21H2,1H3,(H,29,30). The molecule has 0 aromatic rings. The Hall–Kier alpha value is -0.830. The normalized spacial score (nSPS) is 34.2. The Kier molecular flexibility index (Phi) is 10.9. The highest BCUT2D eigenvalue weighted by Gasteiger charge is 2.35. The summed E-state index contributed by atoms with van der Waals surface area (Å²) >= 11 is 0. The zero-order valence-corrected chi connectivity index (χ0v) is 20.3. The molecule has 2 unspecified atom stereocenters. The van der Waals surface area contributed by atoms with Crippen molar-refractivity contribution in [2.24, 2.45) is 29.6 Å². The molecule has 0 aromatic carbocycles. The van der Waals surface area contributed by atoms with Crippen LogP contribution in [0.4, 0.5) is 0 Å². The van der Waals surface area contributed by atoms with Crippen molar-refractivity contribution in [3.63, 3.8) is 0 Å². The summed E-state index contributed by atoms with van der Waals surface area (Å²) in [5.41, 5.74) is 0. The SMILES string of the molecule is C=CC(=O)NCCCC1CCC(C2CCC(C3CCC(CCCCC)CC3)OC2)CC1. The maximum absolute atomic E-state index is 11.2. The predicted molar refractivity (Wildman–Crippen MR) is 130 cm³/mol. The molecule has 3 nitrogen and oxygen atoms in total. The summed E-state index contributed by atoms with van der Waals surface area (Å²) in [6.45, 7) is 7.64. The van der Waals surface area contributed by atoms with Crippen LogP contribution in [0.25, 0.3) is 0 Å². The number of nitrogens with one attached hydrogen (secondary N) is 1. The fourth-order valence-corrected chi connectivity index (χ4v) is 6.69. The Morgan fingerprint density at radius 3 is 2.03 bits per heavy atom. The van der Waals surface area contributed by atoms with Crippen LogP contribution in [-0.2, 0) is 9.53 Å². The van der Waals surface area contributed by atoms with Gasteiger partial charge in [0.1, 0.15) is 0 Å². The molecule has 1 heterocycles. The van der Waals surface area contributed by atoms with Gasteiger partial charge in [-0.1, -0.05) is 64.9 Å². The van der Waals surface area contributed by atoms with E-state index in [1.165, 1.54) is 102 Å². The van der Waals surface area contributed by atoms with E-state index in [1.54, 1.807) is 0 Å². The Morgan fingerprint density at radius 2 is 1.45 bits per heavy atom. The van der Waals surface area contributed by atoms with Gasteiger partial charge in [0.2, 0.25) is 5.91 Å². The number of ether oxygens (including phenoxy) is 1. The van der Waals surface area contributed by atoms with Gasteiger partial charge in [0.25, 0.3) is 0 Å². The molecule has 3 rings (SSSR count). The minimum atomic E-state index is -0.0423. The van der Waals surface area contributed by atoms with E-state index in [9.17, 15) is 4.79 Å². The largest absolute Gasteiger partial charge is 0.378 e. The maximum Gasteiger partial charge on any atom is 0.243 e. The van der Waals surface area contributed by atoms with E-state index in [0.717, 1.165) is 49.2 Å². The monoisotopic (exact) mass is 431 g/mol. The lowest BCUT2D eigenvalue weighted by Gasteiger charge is -2.41. The van der Waals surface area contributed by atoms with Gasteiger partial charge in [-0.15, -0.1) is 0 Å². The quantitative estimate of drug-likeness (QED) is 0.281. The zero-order valence-electron chi connectivity index (χ0n) is 20.3. The summed E-state index contributed by atoms with van der Waals surface area (Å²) in [6, 6.07) is 0. The molecule has 0 spiro atoms. The Balaban J connectivity index is 1.26. The first kappa shape index (κ1) is 24.8. The van der Waals surface area contributed by atoms with E-state index in [2.05, 4.69) is 18.8 Å². The van der Waals surface area contributed by atoms with Crippen LogP contribution in [0.1, 0.15) is 110 Å². The van der Waals surface area contributed by atoms with Crippen LogP contribution in [-0.4, -0.2) is 25.2 Å². The third-order valence-electron chi connectivity index (χ3n) is 8.81. The number of rotatable bonds is 11. The third-order valence-corrected chi connectivity index (χ3v) is 8.81. The lowest BCUT2D eigenvalue weighted by molar-refractivity contribution is -0.116. The molecule has 178 valence electrons. The molecule has 0 aromatic heterocycles. The third kappa shape index (κ3) is 8.22. The molecule has 1 saturated heterocycles. The van der Waals surface area contributed by atoms with Gasteiger partial charge in [0.05, 0.1) is 12.7 Å². The average Bonchev–Trinajstić information content (AvgIpc) is 2.83. The first-order valence-electron chi connectivity index (χ1n) is 13.7. The van der Waals surface area contributed by atoms with Crippen molar-refractivity contribution in [1.82, 2.24) is 5.32 Å². The number of carbonyl (C=O) groups is 1. The molecule has 2 aliphatic carbocycles. The fraction of sp³-hybridized carbons (Fsp3) is 0.893. The summed E-state index contributed by atoms with van der Waals surface area (Å²) in [4.78, 5) is 11.2. The van der Waals surface area contributed by atoms with Crippen LogP contribution in [0, 0.1) is 29.6 Å². The highest BCUT2D eigenvalue weighted by atomic mass is 16.5. The summed E-state index contributed by atoms with van der Waals surface area (Å²) < 4.78 is 6.51. The van der Waals surface area contributed by atoms with Gasteiger partial charge in [0, 0.05) is 6.54 Å². The molecule has 0 radical (unpaired) electrons. The molecule has 1 amide bonds. The minimum Gasteiger partial charge on any atom is -0.378 e. The number of unbranched alkanes of at least 4 members (excludes halogenated alkanes) is 2. The fourth-order valence-electron chi connectivity index (χ4n) is 6.69. The maximum atomic E-state index is 11.2. The smallest absolute Gasteiger partial charge is 0.243 e. The molecule has 0 bridgehead atoms. The van der Waals surface area contributed by atoms with E-state index >= 15 is 0 Å². The lowest BCUT2D eigenvalue weighted by atomic mass is 9.71. The molecule has 3 heteroatoms. The molecule has 3 aliphatic rings. The summed E-state index contributed by atoms with van der Waals surface area (Å²) in [7, 11) is 0. The molecule has 3 fully saturated rings.